The Bertz CT molecular complexity index is 861. The van der Waals surface area contributed by atoms with Crippen molar-refractivity contribution in [3.63, 3.8) is 0 Å². The minimum absolute atomic E-state index is 0.0315. The summed E-state index contributed by atoms with van der Waals surface area (Å²) in [6.07, 6.45) is 1.90. The third-order valence-electron chi connectivity index (χ3n) is 4.84. The van der Waals surface area contributed by atoms with Gasteiger partial charge in [-0.05, 0) is 36.5 Å². The predicted octanol–water partition coefficient (Wildman–Crippen LogP) is 4.76. The van der Waals surface area contributed by atoms with Gasteiger partial charge in [-0.3, -0.25) is 9.59 Å². The molecule has 3 rings (SSSR count). The number of nitrogens with one attached hydrogen (secondary N) is 1. The maximum atomic E-state index is 13.7. The average Bonchev–Trinajstić information content (AvgIpc) is 2.89. The number of carbonyl (C=O) groups excluding carboxylic acids is 2. The Balaban J connectivity index is 1.93. The van der Waals surface area contributed by atoms with Gasteiger partial charge >= 0.3 is 0 Å². The highest BCUT2D eigenvalue weighted by molar-refractivity contribution is 6.03. The fourth-order valence-electron chi connectivity index (χ4n) is 3.55. The summed E-state index contributed by atoms with van der Waals surface area (Å²) in [5, 5.41) is 2.97. The molecule has 0 bridgehead atoms. The number of ketones is 1. The number of Topliss-reactive ketones (excluding diaryl/α,β-unsaturated/α-hetero) is 1. The predicted molar refractivity (Wildman–Crippen MR) is 96.8 cm³/mol. The second kappa shape index (κ2) is 6.71. The number of aryl methyl sites for hydroxylation is 1. The molecule has 1 unspecified atom stereocenters. The highest BCUT2D eigenvalue weighted by atomic mass is 19.1. The van der Waals surface area contributed by atoms with Gasteiger partial charge in [-0.2, -0.15) is 0 Å². The molecule has 0 saturated carbocycles. The first-order chi connectivity index (χ1) is 12.2. The van der Waals surface area contributed by atoms with Gasteiger partial charge in [-0.25, -0.2) is 4.39 Å². The third-order valence-corrected chi connectivity index (χ3v) is 4.84. The van der Waals surface area contributed by atoms with Gasteiger partial charge in [0.15, 0.2) is 11.5 Å². The van der Waals surface area contributed by atoms with Crippen molar-refractivity contribution in [2.75, 3.05) is 0 Å². The van der Waals surface area contributed by atoms with Crippen LogP contribution in [0.1, 0.15) is 77.5 Å². The van der Waals surface area contributed by atoms with Crippen LogP contribution < -0.4 is 5.32 Å². The van der Waals surface area contributed by atoms with Crippen molar-refractivity contribution in [2.24, 2.45) is 5.41 Å². The first kappa shape index (κ1) is 18.4. The lowest BCUT2D eigenvalue weighted by Crippen LogP contribution is -2.36. The van der Waals surface area contributed by atoms with Gasteiger partial charge in [0.25, 0.3) is 5.91 Å². The number of fused-ring (bicyclic) bond motifs is 1. The summed E-state index contributed by atoms with van der Waals surface area (Å²) in [4.78, 5) is 25.0. The molecule has 1 aliphatic rings. The van der Waals surface area contributed by atoms with Crippen LogP contribution in [0.3, 0.4) is 0 Å². The van der Waals surface area contributed by atoms with Crippen LogP contribution in [0, 0.1) is 18.2 Å². The van der Waals surface area contributed by atoms with Crippen molar-refractivity contribution < 1.29 is 18.4 Å². The molecule has 1 aliphatic carbocycles. The Morgan fingerprint density at radius 3 is 2.62 bits per heavy atom. The Kier molecular flexibility index (Phi) is 4.74. The molecule has 2 aromatic rings. The van der Waals surface area contributed by atoms with Crippen LogP contribution in [-0.2, 0) is 6.42 Å². The van der Waals surface area contributed by atoms with Crippen molar-refractivity contribution in [3.05, 3.63) is 58.3 Å². The fourth-order valence-corrected chi connectivity index (χ4v) is 3.55. The number of carbonyl (C=O) groups is 2. The summed E-state index contributed by atoms with van der Waals surface area (Å²) >= 11 is 0. The van der Waals surface area contributed by atoms with Crippen LogP contribution in [0.5, 0.6) is 0 Å². The normalized spacial score (nSPS) is 15.5. The summed E-state index contributed by atoms with van der Waals surface area (Å²) < 4.78 is 19.4. The highest BCUT2D eigenvalue weighted by Crippen LogP contribution is 2.34. The van der Waals surface area contributed by atoms with Gasteiger partial charge in [0.05, 0.1) is 11.6 Å². The summed E-state index contributed by atoms with van der Waals surface area (Å²) in [6, 6.07) is 5.83. The van der Waals surface area contributed by atoms with Crippen LogP contribution >= 0.6 is 0 Å². The van der Waals surface area contributed by atoms with E-state index in [2.05, 4.69) is 5.32 Å². The van der Waals surface area contributed by atoms with E-state index in [0.29, 0.717) is 35.3 Å². The second-order valence-corrected chi connectivity index (χ2v) is 7.96. The Morgan fingerprint density at radius 2 is 2.00 bits per heavy atom. The minimum atomic E-state index is -0.400. The molecule has 4 nitrogen and oxygen atoms in total. The summed E-state index contributed by atoms with van der Waals surface area (Å²) in [5.41, 5.74) is 1.50. The molecule has 0 spiro atoms. The molecule has 1 atom stereocenters. The van der Waals surface area contributed by atoms with E-state index in [4.69, 9.17) is 4.42 Å². The lowest BCUT2D eigenvalue weighted by Gasteiger charge is -2.31. The van der Waals surface area contributed by atoms with Crippen LogP contribution in [0.2, 0.25) is 0 Å². The molecular weight excluding hydrogens is 333 g/mol. The van der Waals surface area contributed by atoms with Crippen molar-refractivity contribution in [3.8, 4) is 0 Å². The number of hydrogen-bond acceptors (Lipinski definition) is 3. The zero-order valence-electron chi connectivity index (χ0n) is 15.6. The molecule has 1 heterocycles. The van der Waals surface area contributed by atoms with E-state index in [1.807, 2.05) is 20.8 Å². The van der Waals surface area contributed by atoms with E-state index in [1.54, 1.807) is 19.1 Å². The van der Waals surface area contributed by atoms with Crippen LogP contribution in [0.4, 0.5) is 4.39 Å². The molecule has 0 aliphatic heterocycles. The van der Waals surface area contributed by atoms with Crippen molar-refractivity contribution in [1.29, 1.82) is 0 Å². The van der Waals surface area contributed by atoms with E-state index in [1.165, 1.54) is 12.1 Å². The maximum absolute atomic E-state index is 13.7. The SMILES string of the molecule is Cc1c(C(=O)NC(c2cccc(F)c2)C(C)(C)C)oc2c1C(=O)CCC2. The smallest absolute Gasteiger partial charge is 0.287 e. The van der Waals surface area contributed by atoms with Gasteiger partial charge in [-0.1, -0.05) is 32.9 Å². The largest absolute Gasteiger partial charge is 0.455 e. The van der Waals surface area contributed by atoms with Gasteiger partial charge in [0.2, 0.25) is 0 Å². The Hall–Kier alpha value is -2.43. The Morgan fingerprint density at radius 1 is 1.27 bits per heavy atom. The van der Waals surface area contributed by atoms with Crippen molar-refractivity contribution >= 4 is 11.7 Å². The standard InChI is InChI=1S/C21H24FNO3/c1-12-17-15(24)9-6-10-16(17)26-18(12)20(25)23-19(21(2,3)4)13-7-5-8-14(22)11-13/h5,7-8,11,19H,6,9-10H2,1-4H3,(H,23,25). The molecule has 0 saturated heterocycles. The van der Waals surface area contributed by atoms with E-state index >= 15 is 0 Å². The molecular formula is C21H24FNO3. The fraction of sp³-hybridized carbons (Fsp3) is 0.429. The van der Waals surface area contributed by atoms with Crippen LogP contribution in [0.25, 0.3) is 0 Å². The van der Waals surface area contributed by atoms with Crippen molar-refractivity contribution in [1.82, 2.24) is 5.32 Å². The van der Waals surface area contributed by atoms with E-state index in [-0.39, 0.29) is 28.7 Å². The third kappa shape index (κ3) is 3.43. The molecule has 1 aromatic carbocycles. The lowest BCUT2D eigenvalue weighted by molar-refractivity contribution is 0.0869. The van der Waals surface area contributed by atoms with E-state index < -0.39 is 6.04 Å². The molecule has 1 amide bonds. The van der Waals surface area contributed by atoms with Gasteiger partial charge in [0.1, 0.15) is 11.6 Å². The van der Waals surface area contributed by atoms with Crippen molar-refractivity contribution in [2.45, 2.75) is 53.0 Å². The van der Waals surface area contributed by atoms with Gasteiger partial charge in [-0.15, -0.1) is 0 Å². The quantitative estimate of drug-likeness (QED) is 0.861. The van der Waals surface area contributed by atoms with Gasteiger partial charge < -0.3 is 9.73 Å². The summed E-state index contributed by atoms with van der Waals surface area (Å²) in [7, 11) is 0. The number of hydrogen-bond donors (Lipinski definition) is 1. The molecule has 0 fully saturated rings. The van der Waals surface area contributed by atoms with Gasteiger partial charge in [0, 0.05) is 18.4 Å². The molecule has 138 valence electrons. The molecule has 1 aromatic heterocycles. The number of halogens is 1. The van der Waals surface area contributed by atoms with E-state index in [0.717, 1.165) is 6.42 Å². The number of amides is 1. The topological polar surface area (TPSA) is 59.3 Å². The number of rotatable bonds is 3. The Labute approximate surface area is 152 Å². The molecule has 0 radical (unpaired) electrons. The zero-order chi connectivity index (χ0) is 19.1. The first-order valence-corrected chi connectivity index (χ1v) is 8.90. The van der Waals surface area contributed by atoms with Crippen LogP contribution in [0.15, 0.2) is 28.7 Å². The zero-order valence-corrected chi connectivity index (χ0v) is 15.6. The lowest BCUT2D eigenvalue weighted by atomic mass is 9.82. The number of furan rings is 1. The molecule has 5 heteroatoms. The van der Waals surface area contributed by atoms with Crippen LogP contribution in [-0.4, -0.2) is 11.7 Å². The monoisotopic (exact) mass is 357 g/mol. The summed E-state index contributed by atoms with van der Waals surface area (Å²) in [5.74, 6) is 0.0806. The molecule has 26 heavy (non-hydrogen) atoms. The van der Waals surface area contributed by atoms with E-state index in [9.17, 15) is 14.0 Å². The second-order valence-electron chi connectivity index (χ2n) is 7.96. The number of benzene rings is 1. The maximum Gasteiger partial charge on any atom is 0.287 e. The minimum Gasteiger partial charge on any atom is -0.455 e. The first-order valence-electron chi connectivity index (χ1n) is 8.90. The summed E-state index contributed by atoms with van der Waals surface area (Å²) in [6.45, 7) is 7.68. The average molecular weight is 357 g/mol. The molecule has 1 N–H and O–H groups in total. The highest BCUT2D eigenvalue weighted by Gasteiger charge is 2.33.